The Morgan fingerprint density at radius 2 is 2.53 bits per heavy atom. The molecule has 0 aliphatic carbocycles. The standard InChI is InChI=1S/C13H23N3O/c1-3-7-16-8-6-15-13(16)12(14-2)11-5-4-9-17-10-11/h6,8,11-12,14H,3-5,7,9-10H2,1-2H3. The summed E-state index contributed by atoms with van der Waals surface area (Å²) in [6.45, 7) is 5.00. The second-order valence-electron chi connectivity index (χ2n) is 4.72. The molecule has 0 bridgehead atoms. The molecule has 0 spiro atoms. The van der Waals surface area contributed by atoms with Gasteiger partial charge in [0.15, 0.2) is 0 Å². The zero-order valence-corrected chi connectivity index (χ0v) is 10.9. The van der Waals surface area contributed by atoms with Crippen LogP contribution in [0.25, 0.3) is 0 Å². The van der Waals surface area contributed by atoms with Crippen LogP contribution in [0.4, 0.5) is 0 Å². The molecule has 1 aromatic rings. The van der Waals surface area contributed by atoms with Gasteiger partial charge in [0.2, 0.25) is 0 Å². The molecule has 0 amide bonds. The van der Waals surface area contributed by atoms with E-state index in [0.29, 0.717) is 12.0 Å². The van der Waals surface area contributed by atoms with Crippen LogP contribution in [0.1, 0.15) is 38.1 Å². The molecular formula is C13H23N3O. The van der Waals surface area contributed by atoms with E-state index < -0.39 is 0 Å². The summed E-state index contributed by atoms with van der Waals surface area (Å²) in [7, 11) is 2.02. The quantitative estimate of drug-likeness (QED) is 0.851. The monoisotopic (exact) mass is 237 g/mol. The van der Waals surface area contributed by atoms with Crippen molar-refractivity contribution in [1.82, 2.24) is 14.9 Å². The van der Waals surface area contributed by atoms with Crippen molar-refractivity contribution in [1.29, 1.82) is 0 Å². The van der Waals surface area contributed by atoms with E-state index in [2.05, 4.69) is 28.0 Å². The van der Waals surface area contributed by atoms with E-state index in [9.17, 15) is 0 Å². The number of ether oxygens (including phenoxy) is 1. The Morgan fingerprint density at radius 1 is 1.65 bits per heavy atom. The van der Waals surface area contributed by atoms with E-state index >= 15 is 0 Å². The Bertz CT molecular complexity index is 331. The van der Waals surface area contributed by atoms with Gasteiger partial charge in [0.1, 0.15) is 5.82 Å². The number of rotatable bonds is 5. The van der Waals surface area contributed by atoms with Gasteiger partial charge < -0.3 is 14.6 Å². The molecule has 2 atom stereocenters. The molecule has 1 aliphatic rings. The molecular weight excluding hydrogens is 214 g/mol. The summed E-state index contributed by atoms with van der Waals surface area (Å²) in [4.78, 5) is 4.53. The average Bonchev–Trinajstić information content (AvgIpc) is 2.81. The van der Waals surface area contributed by atoms with Crippen molar-refractivity contribution < 1.29 is 4.74 Å². The highest BCUT2D eigenvalue weighted by atomic mass is 16.5. The molecule has 0 aromatic carbocycles. The summed E-state index contributed by atoms with van der Waals surface area (Å²) in [5.41, 5.74) is 0. The Hall–Kier alpha value is -0.870. The largest absolute Gasteiger partial charge is 0.381 e. The van der Waals surface area contributed by atoms with Gasteiger partial charge in [-0.3, -0.25) is 0 Å². The number of aromatic nitrogens is 2. The number of imidazole rings is 1. The normalized spacial score (nSPS) is 22.6. The second-order valence-corrected chi connectivity index (χ2v) is 4.72. The Labute approximate surface area is 103 Å². The Kier molecular flexibility index (Phi) is 4.57. The van der Waals surface area contributed by atoms with Crippen LogP contribution in [0.15, 0.2) is 12.4 Å². The van der Waals surface area contributed by atoms with E-state index in [0.717, 1.165) is 38.4 Å². The summed E-state index contributed by atoms with van der Waals surface area (Å²) < 4.78 is 7.85. The van der Waals surface area contributed by atoms with Gasteiger partial charge in [0.05, 0.1) is 12.6 Å². The summed E-state index contributed by atoms with van der Waals surface area (Å²) in [6, 6.07) is 0.317. The molecule has 1 aromatic heterocycles. The van der Waals surface area contributed by atoms with Crippen molar-refractivity contribution in [3.05, 3.63) is 18.2 Å². The summed E-state index contributed by atoms with van der Waals surface area (Å²) in [5, 5.41) is 3.41. The molecule has 0 radical (unpaired) electrons. The number of hydrogen-bond acceptors (Lipinski definition) is 3. The maximum Gasteiger partial charge on any atom is 0.126 e. The highest BCUT2D eigenvalue weighted by Gasteiger charge is 2.27. The van der Waals surface area contributed by atoms with E-state index in [-0.39, 0.29) is 0 Å². The smallest absolute Gasteiger partial charge is 0.126 e. The Morgan fingerprint density at radius 3 is 3.18 bits per heavy atom. The minimum absolute atomic E-state index is 0.317. The molecule has 96 valence electrons. The minimum atomic E-state index is 0.317. The lowest BCUT2D eigenvalue weighted by atomic mass is 9.93. The van der Waals surface area contributed by atoms with Crippen molar-refractivity contribution in [2.24, 2.45) is 5.92 Å². The molecule has 2 rings (SSSR count). The molecule has 0 saturated carbocycles. The fourth-order valence-corrected chi connectivity index (χ4v) is 2.63. The molecule has 1 N–H and O–H groups in total. The first-order valence-electron chi connectivity index (χ1n) is 6.62. The van der Waals surface area contributed by atoms with E-state index in [1.165, 1.54) is 6.42 Å². The SMILES string of the molecule is CCCn1ccnc1C(NC)C1CCCOC1. The first kappa shape index (κ1) is 12.6. The number of nitrogens with zero attached hydrogens (tertiary/aromatic N) is 2. The van der Waals surface area contributed by atoms with Crippen LogP contribution in [0, 0.1) is 5.92 Å². The van der Waals surface area contributed by atoms with Gasteiger partial charge in [0, 0.05) is 31.5 Å². The maximum atomic E-state index is 5.59. The van der Waals surface area contributed by atoms with Crippen LogP contribution in [0.3, 0.4) is 0 Å². The fourth-order valence-electron chi connectivity index (χ4n) is 2.63. The molecule has 1 fully saturated rings. The van der Waals surface area contributed by atoms with Crippen LogP contribution in [0.5, 0.6) is 0 Å². The van der Waals surface area contributed by atoms with Gasteiger partial charge in [-0.05, 0) is 26.3 Å². The van der Waals surface area contributed by atoms with Gasteiger partial charge in [-0.15, -0.1) is 0 Å². The zero-order chi connectivity index (χ0) is 12.1. The van der Waals surface area contributed by atoms with Crippen LogP contribution >= 0.6 is 0 Å². The van der Waals surface area contributed by atoms with Crippen LogP contribution in [-0.4, -0.2) is 29.8 Å². The van der Waals surface area contributed by atoms with Gasteiger partial charge in [-0.2, -0.15) is 0 Å². The van der Waals surface area contributed by atoms with E-state index in [1.807, 2.05) is 13.2 Å². The fraction of sp³-hybridized carbons (Fsp3) is 0.769. The lowest BCUT2D eigenvalue weighted by Gasteiger charge is -2.30. The minimum Gasteiger partial charge on any atom is -0.381 e. The molecule has 2 unspecified atom stereocenters. The highest BCUT2D eigenvalue weighted by Crippen LogP contribution is 2.27. The van der Waals surface area contributed by atoms with E-state index in [1.54, 1.807) is 0 Å². The number of hydrogen-bond donors (Lipinski definition) is 1. The third kappa shape index (κ3) is 2.87. The molecule has 1 saturated heterocycles. The summed E-state index contributed by atoms with van der Waals surface area (Å²) in [6.07, 6.45) is 7.51. The summed E-state index contributed by atoms with van der Waals surface area (Å²) in [5.74, 6) is 1.71. The zero-order valence-electron chi connectivity index (χ0n) is 10.9. The van der Waals surface area contributed by atoms with Crippen molar-refractivity contribution in [2.75, 3.05) is 20.3 Å². The number of aryl methyl sites for hydroxylation is 1. The van der Waals surface area contributed by atoms with Gasteiger partial charge in [0.25, 0.3) is 0 Å². The van der Waals surface area contributed by atoms with Gasteiger partial charge >= 0.3 is 0 Å². The molecule has 4 heteroatoms. The first-order chi connectivity index (χ1) is 8.36. The third-order valence-corrected chi connectivity index (χ3v) is 3.47. The molecule has 2 heterocycles. The van der Waals surface area contributed by atoms with Crippen LogP contribution in [0.2, 0.25) is 0 Å². The summed E-state index contributed by atoms with van der Waals surface area (Å²) >= 11 is 0. The van der Waals surface area contributed by atoms with Gasteiger partial charge in [-0.25, -0.2) is 4.98 Å². The lowest BCUT2D eigenvalue weighted by molar-refractivity contribution is 0.0383. The van der Waals surface area contributed by atoms with E-state index in [4.69, 9.17) is 4.74 Å². The van der Waals surface area contributed by atoms with Crippen LogP contribution in [-0.2, 0) is 11.3 Å². The first-order valence-corrected chi connectivity index (χ1v) is 6.62. The second kappa shape index (κ2) is 6.17. The van der Waals surface area contributed by atoms with Crippen LogP contribution < -0.4 is 5.32 Å². The topological polar surface area (TPSA) is 39.1 Å². The molecule has 1 aliphatic heterocycles. The highest BCUT2D eigenvalue weighted by molar-refractivity contribution is 5.02. The van der Waals surface area contributed by atoms with Crippen molar-refractivity contribution in [3.8, 4) is 0 Å². The Balaban J connectivity index is 2.12. The van der Waals surface area contributed by atoms with Crippen molar-refractivity contribution in [3.63, 3.8) is 0 Å². The molecule has 17 heavy (non-hydrogen) atoms. The predicted molar refractivity (Wildman–Crippen MR) is 67.9 cm³/mol. The lowest BCUT2D eigenvalue weighted by Crippen LogP contribution is -2.33. The van der Waals surface area contributed by atoms with Crippen molar-refractivity contribution >= 4 is 0 Å². The number of nitrogens with one attached hydrogen (secondary N) is 1. The maximum absolute atomic E-state index is 5.59. The average molecular weight is 237 g/mol. The van der Waals surface area contributed by atoms with Gasteiger partial charge in [-0.1, -0.05) is 6.92 Å². The molecule has 4 nitrogen and oxygen atoms in total. The van der Waals surface area contributed by atoms with Crippen molar-refractivity contribution in [2.45, 2.75) is 38.8 Å². The predicted octanol–water partition coefficient (Wildman–Crippen LogP) is 1.98. The third-order valence-electron chi connectivity index (χ3n) is 3.47.